The van der Waals surface area contributed by atoms with Gasteiger partial charge < -0.3 is 29.7 Å². The van der Waals surface area contributed by atoms with Crippen LogP contribution in [0.5, 0.6) is 5.75 Å². The molecule has 2 aromatic heterocycles. The average Bonchev–Trinajstić information content (AvgIpc) is 3.22. The van der Waals surface area contributed by atoms with Gasteiger partial charge in [-0.05, 0) is 51.6 Å². The summed E-state index contributed by atoms with van der Waals surface area (Å²) < 4.78 is 7.71. The highest BCUT2D eigenvalue weighted by Crippen LogP contribution is 2.40. The number of benzene rings is 1. The van der Waals surface area contributed by atoms with Gasteiger partial charge in [0.25, 0.3) is 0 Å². The number of halogens is 1. The maximum absolute atomic E-state index is 12.3. The molecule has 0 atom stereocenters. The predicted octanol–water partition coefficient (Wildman–Crippen LogP) is 4.85. The molecular formula is C27H34ClN7O2. The Balaban J connectivity index is 1.69. The van der Waals surface area contributed by atoms with Crippen molar-refractivity contribution in [1.29, 1.82) is 0 Å². The second-order valence-electron chi connectivity index (χ2n) is 9.48. The SMILES string of the molecule is C=CC(=O)Nc1cc(Nc2ncc(Cl)c(-c3cn(C)cc3C)n2)c(OC)cc1N1CCC(N(C)C)CC1. The van der Waals surface area contributed by atoms with E-state index in [0.29, 0.717) is 39.8 Å². The highest BCUT2D eigenvalue weighted by atomic mass is 35.5. The molecule has 1 amide bonds. The van der Waals surface area contributed by atoms with Crippen molar-refractivity contribution in [3.05, 3.63) is 54.0 Å². The van der Waals surface area contributed by atoms with Gasteiger partial charge in [0.15, 0.2) is 0 Å². The second kappa shape index (κ2) is 11.2. The third kappa shape index (κ3) is 5.89. The Bertz CT molecular complexity index is 1300. The van der Waals surface area contributed by atoms with E-state index in [9.17, 15) is 4.79 Å². The number of nitrogens with one attached hydrogen (secondary N) is 2. The first-order valence-electron chi connectivity index (χ1n) is 12.2. The summed E-state index contributed by atoms with van der Waals surface area (Å²) >= 11 is 6.46. The van der Waals surface area contributed by atoms with Gasteiger partial charge in [-0.1, -0.05) is 18.2 Å². The van der Waals surface area contributed by atoms with Crippen molar-refractivity contribution >= 4 is 40.5 Å². The number of carbonyl (C=O) groups excluding carboxylic acids is 1. The molecule has 0 radical (unpaired) electrons. The molecule has 0 aliphatic carbocycles. The number of hydrogen-bond acceptors (Lipinski definition) is 7. The van der Waals surface area contributed by atoms with Crippen LogP contribution in [0, 0.1) is 6.92 Å². The van der Waals surface area contributed by atoms with Crippen molar-refractivity contribution in [3.8, 4) is 17.0 Å². The molecule has 1 fully saturated rings. The van der Waals surface area contributed by atoms with Crippen LogP contribution in [0.15, 0.2) is 43.4 Å². The van der Waals surface area contributed by atoms with Gasteiger partial charge in [0.2, 0.25) is 11.9 Å². The van der Waals surface area contributed by atoms with Gasteiger partial charge in [-0.15, -0.1) is 0 Å². The molecule has 0 unspecified atom stereocenters. The predicted molar refractivity (Wildman–Crippen MR) is 150 cm³/mol. The Morgan fingerprint density at radius 1 is 1.24 bits per heavy atom. The first-order chi connectivity index (χ1) is 17.7. The monoisotopic (exact) mass is 523 g/mol. The lowest BCUT2D eigenvalue weighted by Gasteiger charge is -2.37. The molecule has 9 nitrogen and oxygen atoms in total. The van der Waals surface area contributed by atoms with Crippen molar-refractivity contribution in [2.45, 2.75) is 25.8 Å². The number of ether oxygens (including phenoxy) is 1. The summed E-state index contributed by atoms with van der Waals surface area (Å²) in [4.78, 5) is 25.9. The smallest absolute Gasteiger partial charge is 0.247 e. The standard InChI is InChI=1S/C27H34ClN7O2/c1-7-25(36)30-21-12-22(24(37-6)13-23(21)35-10-8-18(9-11-35)33(3)4)31-27-29-14-20(28)26(32-27)19-16-34(5)15-17(19)2/h7,12-16,18H,1,8-11H2,2-6H3,(H,30,36)(H,29,31,32). The Morgan fingerprint density at radius 2 is 1.97 bits per heavy atom. The zero-order valence-corrected chi connectivity index (χ0v) is 22.8. The minimum Gasteiger partial charge on any atom is -0.494 e. The Kier molecular flexibility index (Phi) is 8.04. The van der Waals surface area contributed by atoms with Gasteiger partial charge >= 0.3 is 0 Å². The summed E-state index contributed by atoms with van der Waals surface area (Å²) in [6.07, 6.45) is 8.89. The fourth-order valence-corrected chi connectivity index (χ4v) is 4.90. The highest BCUT2D eigenvalue weighted by molar-refractivity contribution is 6.33. The first-order valence-corrected chi connectivity index (χ1v) is 12.6. The van der Waals surface area contributed by atoms with Crippen LogP contribution in [-0.4, -0.2) is 65.7 Å². The number of methoxy groups -OCH3 is 1. The third-order valence-electron chi connectivity index (χ3n) is 6.70. The van der Waals surface area contributed by atoms with E-state index < -0.39 is 0 Å². The van der Waals surface area contributed by atoms with Crippen LogP contribution < -0.4 is 20.3 Å². The van der Waals surface area contributed by atoms with Gasteiger partial charge in [0.1, 0.15) is 5.75 Å². The zero-order chi connectivity index (χ0) is 26.7. The van der Waals surface area contributed by atoms with Crippen molar-refractivity contribution in [3.63, 3.8) is 0 Å². The first kappa shape index (κ1) is 26.5. The van der Waals surface area contributed by atoms with Gasteiger partial charge in [-0.2, -0.15) is 0 Å². The van der Waals surface area contributed by atoms with Crippen LogP contribution in [-0.2, 0) is 11.8 Å². The van der Waals surface area contributed by atoms with Crippen LogP contribution in [0.4, 0.5) is 23.0 Å². The number of piperidine rings is 1. The number of hydrogen-bond donors (Lipinski definition) is 2. The maximum atomic E-state index is 12.3. The number of nitrogens with zero attached hydrogens (tertiary/aromatic N) is 5. The van der Waals surface area contributed by atoms with E-state index in [2.05, 4.69) is 51.1 Å². The lowest BCUT2D eigenvalue weighted by Crippen LogP contribution is -2.42. The molecule has 3 aromatic rings. The Labute approximate surface area is 223 Å². The molecule has 37 heavy (non-hydrogen) atoms. The fraction of sp³-hybridized carbons (Fsp3) is 0.370. The van der Waals surface area contributed by atoms with Crippen LogP contribution in [0.3, 0.4) is 0 Å². The number of carbonyl (C=O) groups is 1. The molecule has 2 N–H and O–H groups in total. The summed E-state index contributed by atoms with van der Waals surface area (Å²) in [7, 11) is 7.80. The Morgan fingerprint density at radius 3 is 2.57 bits per heavy atom. The number of rotatable bonds is 8. The topological polar surface area (TPSA) is 87.5 Å². The largest absolute Gasteiger partial charge is 0.494 e. The van der Waals surface area contributed by atoms with Gasteiger partial charge in [0, 0.05) is 50.2 Å². The average molecular weight is 524 g/mol. The lowest BCUT2D eigenvalue weighted by atomic mass is 10.0. The summed E-state index contributed by atoms with van der Waals surface area (Å²) in [5, 5.41) is 6.67. The molecule has 0 bridgehead atoms. The molecule has 3 heterocycles. The van der Waals surface area contributed by atoms with E-state index in [1.807, 2.05) is 43.1 Å². The van der Waals surface area contributed by atoms with Crippen molar-refractivity contribution in [1.82, 2.24) is 19.4 Å². The number of amides is 1. The lowest BCUT2D eigenvalue weighted by molar-refractivity contribution is -0.111. The maximum Gasteiger partial charge on any atom is 0.247 e. The molecule has 1 saturated heterocycles. The highest BCUT2D eigenvalue weighted by Gasteiger charge is 2.24. The third-order valence-corrected chi connectivity index (χ3v) is 6.97. The minimum absolute atomic E-state index is 0.287. The minimum atomic E-state index is -0.287. The normalized spacial score (nSPS) is 14.1. The fourth-order valence-electron chi connectivity index (χ4n) is 4.71. The van der Waals surface area contributed by atoms with E-state index in [1.165, 1.54) is 6.08 Å². The van der Waals surface area contributed by atoms with E-state index in [0.717, 1.165) is 42.7 Å². The van der Waals surface area contributed by atoms with Crippen molar-refractivity contribution in [2.24, 2.45) is 7.05 Å². The number of aryl methyl sites for hydroxylation is 2. The molecule has 1 aromatic carbocycles. The van der Waals surface area contributed by atoms with Crippen molar-refractivity contribution in [2.75, 3.05) is 49.8 Å². The van der Waals surface area contributed by atoms with Crippen LogP contribution in [0.1, 0.15) is 18.4 Å². The number of anilines is 4. The molecular weight excluding hydrogens is 490 g/mol. The van der Waals surface area contributed by atoms with Gasteiger partial charge in [-0.3, -0.25) is 4.79 Å². The summed E-state index contributed by atoms with van der Waals surface area (Å²) in [6.45, 7) is 7.36. The van der Waals surface area contributed by atoms with E-state index in [4.69, 9.17) is 16.3 Å². The summed E-state index contributed by atoms with van der Waals surface area (Å²) in [5.74, 6) is 0.684. The summed E-state index contributed by atoms with van der Waals surface area (Å²) in [6, 6.07) is 4.32. The van der Waals surface area contributed by atoms with E-state index in [1.54, 1.807) is 13.3 Å². The van der Waals surface area contributed by atoms with E-state index >= 15 is 0 Å². The number of aromatic nitrogens is 3. The van der Waals surface area contributed by atoms with Crippen LogP contribution in [0.2, 0.25) is 5.02 Å². The molecule has 4 rings (SSSR count). The van der Waals surface area contributed by atoms with Gasteiger partial charge in [-0.25, -0.2) is 9.97 Å². The zero-order valence-electron chi connectivity index (χ0n) is 22.0. The Hall–Kier alpha value is -3.56. The molecule has 1 aliphatic heterocycles. The molecule has 1 aliphatic rings. The summed E-state index contributed by atoms with van der Waals surface area (Å²) in [5.41, 5.74) is 4.80. The van der Waals surface area contributed by atoms with Crippen LogP contribution >= 0.6 is 11.6 Å². The van der Waals surface area contributed by atoms with Crippen LogP contribution in [0.25, 0.3) is 11.3 Å². The van der Waals surface area contributed by atoms with Gasteiger partial charge in [0.05, 0.1) is 41.1 Å². The molecule has 10 heteroatoms. The molecule has 196 valence electrons. The molecule has 0 saturated carbocycles. The van der Waals surface area contributed by atoms with E-state index in [-0.39, 0.29) is 5.91 Å². The molecule has 0 spiro atoms. The van der Waals surface area contributed by atoms with Crippen molar-refractivity contribution < 1.29 is 9.53 Å². The second-order valence-corrected chi connectivity index (χ2v) is 9.89. The quantitative estimate of drug-likeness (QED) is 0.408.